The number of nitrogens with zero attached hydrogens (tertiary/aromatic N) is 1. The van der Waals surface area contributed by atoms with E-state index in [1.165, 1.54) is 0 Å². The highest BCUT2D eigenvalue weighted by atomic mass is 35.5. The van der Waals surface area contributed by atoms with Gasteiger partial charge < -0.3 is 10.6 Å². The zero-order chi connectivity index (χ0) is 13.2. The molecule has 7 heteroatoms. The number of halogens is 2. The number of hydrogen-bond donors (Lipinski definition) is 3. The minimum Gasteiger partial charge on any atom is -0.349 e. The summed E-state index contributed by atoms with van der Waals surface area (Å²) in [6.07, 6.45) is -0.366. The van der Waals surface area contributed by atoms with Crippen molar-refractivity contribution in [2.75, 3.05) is 13.1 Å². The topological polar surface area (TPSA) is 69.8 Å². The molecule has 0 spiro atoms. The molecule has 5 nitrogen and oxygen atoms in total. The van der Waals surface area contributed by atoms with E-state index in [0.717, 1.165) is 10.9 Å². The lowest BCUT2D eigenvalue weighted by Gasteiger charge is -2.10. The van der Waals surface area contributed by atoms with Crippen LogP contribution < -0.4 is 10.6 Å². The number of aromatic nitrogens is 2. The van der Waals surface area contributed by atoms with Crippen molar-refractivity contribution in [1.29, 1.82) is 0 Å². The van der Waals surface area contributed by atoms with E-state index >= 15 is 0 Å². The number of carbonyl (C=O) groups excluding carboxylic acids is 1. The number of alkyl halides is 1. The maximum absolute atomic E-state index is 13.0. The molecule has 0 saturated carbocycles. The fourth-order valence-electron chi connectivity index (χ4n) is 2.36. The first kappa shape index (κ1) is 14.7. The Hall–Kier alpha value is -1.66. The van der Waals surface area contributed by atoms with Gasteiger partial charge in [0.2, 0.25) is 0 Å². The molecule has 2 aromatic rings. The van der Waals surface area contributed by atoms with Gasteiger partial charge in [-0.05, 0) is 12.5 Å². The second kappa shape index (κ2) is 6.19. The molecule has 108 valence electrons. The number of hydrogen-bond acceptors (Lipinski definition) is 3. The maximum atomic E-state index is 13.0. The largest absolute Gasteiger partial charge is 0.349 e. The van der Waals surface area contributed by atoms with E-state index < -0.39 is 6.17 Å². The van der Waals surface area contributed by atoms with E-state index in [4.69, 9.17) is 0 Å². The van der Waals surface area contributed by atoms with Crippen LogP contribution in [0.2, 0.25) is 0 Å². The molecule has 3 N–H and O–H groups in total. The number of nitrogens with one attached hydrogen (secondary N) is 3. The molecule has 0 bridgehead atoms. The molecular formula is C13H16ClFN4O. The van der Waals surface area contributed by atoms with Crippen molar-refractivity contribution in [2.45, 2.75) is 18.6 Å². The zero-order valence-electron chi connectivity index (χ0n) is 10.7. The molecule has 2 heterocycles. The maximum Gasteiger partial charge on any atom is 0.272 e. The molecule has 0 aliphatic carbocycles. The molecular weight excluding hydrogens is 283 g/mol. The van der Waals surface area contributed by atoms with Gasteiger partial charge in [0.25, 0.3) is 5.91 Å². The summed E-state index contributed by atoms with van der Waals surface area (Å²) in [5.74, 6) is -0.235. The predicted molar refractivity (Wildman–Crippen MR) is 77.0 cm³/mol. The Morgan fingerprint density at radius 1 is 1.45 bits per heavy atom. The SMILES string of the molecule is Cl.O=C(NC[C@@H]1C[C@H](F)CN1)c1n[nH]c2ccccc12. The number of para-hydroxylation sites is 1. The van der Waals surface area contributed by atoms with Gasteiger partial charge in [-0.1, -0.05) is 18.2 Å². The molecule has 1 saturated heterocycles. The lowest BCUT2D eigenvalue weighted by Crippen LogP contribution is -2.37. The molecule has 1 amide bonds. The Morgan fingerprint density at radius 3 is 3.00 bits per heavy atom. The second-order valence-corrected chi connectivity index (χ2v) is 4.77. The number of aromatic amines is 1. The van der Waals surface area contributed by atoms with Gasteiger partial charge >= 0.3 is 0 Å². The molecule has 2 atom stereocenters. The van der Waals surface area contributed by atoms with Crippen molar-refractivity contribution in [3.63, 3.8) is 0 Å². The van der Waals surface area contributed by atoms with Gasteiger partial charge in [0, 0.05) is 24.5 Å². The summed E-state index contributed by atoms with van der Waals surface area (Å²) in [6, 6.07) is 7.46. The van der Waals surface area contributed by atoms with Crippen molar-refractivity contribution < 1.29 is 9.18 Å². The predicted octanol–water partition coefficient (Wildman–Crippen LogP) is 1.41. The molecule has 1 aliphatic rings. The van der Waals surface area contributed by atoms with Gasteiger partial charge in [-0.15, -0.1) is 12.4 Å². The van der Waals surface area contributed by atoms with Crippen LogP contribution in [0.4, 0.5) is 4.39 Å². The Bertz CT molecular complexity index is 603. The molecule has 3 rings (SSSR count). The average molecular weight is 299 g/mol. The average Bonchev–Trinajstić information content (AvgIpc) is 3.02. The first-order valence-corrected chi connectivity index (χ1v) is 6.33. The highest BCUT2D eigenvalue weighted by Crippen LogP contribution is 2.15. The van der Waals surface area contributed by atoms with Crippen LogP contribution in [0.15, 0.2) is 24.3 Å². The monoisotopic (exact) mass is 298 g/mol. The van der Waals surface area contributed by atoms with Crippen LogP contribution in [-0.2, 0) is 0 Å². The highest BCUT2D eigenvalue weighted by Gasteiger charge is 2.24. The third kappa shape index (κ3) is 2.91. The van der Waals surface area contributed by atoms with Gasteiger partial charge in [-0.3, -0.25) is 9.89 Å². The van der Waals surface area contributed by atoms with Crippen LogP contribution in [0.25, 0.3) is 10.9 Å². The summed E-state index contributed by atoms with van der Waals surface area (Å²) in [4.78, 5) is 12.0. The van der Waals surface area contributed by atoms with Gasteiger partial charge in [-0.2, -0.15) is 5.10 Å². The van der Waals surface area contributed by atoms with Gasteiger partial charge in [-0.25, -0.2) is 4.39 Å². The molecule has 1 fully saturated rings. The van der Waals surface area contributed by atoms with Crippen molar-refractivity contribution in [1.82, 2.24) is 20.8 Å². The number of carbonyl (C=O) groups is 1. The Kier molecular flexibility index (Phi) is 4.57. The summed E-state index contributed by atoms with van der Waals surface area (Å²) >= 11 is 0. The van der Waals surface area contributed by atoms with E-state index in [1.807, 2.05) is 24.3 Å². The Balaban J connectivity index is 0.00000147. The summed E-state index contributed by atoms with van der Waals surface area (Å²) in [5.41, 5.74) is 1.21. The molecule has 1 aromatic carbocycles. The standard InChI is InChI=1S/C13H15FN4O.ClH/c14-8-5-9(15-6-8)7-16-13(19)12-10-3-1-2-4-11(10)17-18-12;/h1-4,8-9,15H,5-7H2,(H,16,19)(H,17,18);1H/t8-,9-;/m0./s1. The van der Waals surface area contributed by atoms with E-state index in [2.05, 4.69) is 20.8 Å². The summed E-state index contributed by atoms with van der Waals surface area (Å²) in [6.45, 7) is 0.784. The first-order chi connectivity index (χ1) is 9.24. The number of H-pyrrole nitrogens is 1. The van der Waals surface area contributed by atoms with Crippen LogP contribution in [0.1, 0.15) is 16.9 Å². The normalized spacial score (nSPS) is 21.6. The van der Waals surface area contributed by atoms with Gasteiger partial charge in [0.1, 0.15) is 6.17 Å². The number of rotatable bonds is 3. The van der Waals surface area contributed by atoms with Crippen LogP contribution in [0, 0.1) is 0 Å². The molecule has 1 aliphatic heterocycles. The fraction of sp³-hybridized carbons (Fsp3) is 0.385. The van der Waals surface area contributed by atoms with Crippen LogP contribution in [-0.4, -0.2) is 41.4 Å². The van der Waals surface area contributed by atoms with Crippen molar-refractivity contribution in [3.05, 3.63) is 30.0 Å². The van der Waals surface area contributed by atoms with Crippen LogP contribution in [0.3, 0.4) is 0 Å². The number of amides is 1. The second-order valence-electron chi connectivity index (χ2n) is 4.77. The fourth-order valence-corrected chi connectivity index (χ4v) is 2.36. The molecule has 0 radical (unpaired) electrons. The Morgan fingerprint density at radius 2 is 2.25 bits per heavy atom. The minimum absolute atomic E-state index is 0. The third-order valence-electron chi connectivity index (χ3n) is 3.36. The lowest BCUT2D eigenvalue weighted by molar-refractivity contribution is 0.0946. The number of fused-ring (bicyclic) bond motifs is 1. The molecule has 1 aromatic heterocycles. The van der Waals surface area contributed by atoms with E-state index in [1.54, 1.807) is 0 Å². The van der Waals surface area contributed by atoms with E-state index in [0.29, 0.717) is 25.2 Å². The van der Waals surface area contributed by atoms with Crippen molar-refractivity contribution in [2.24, 2.45) is 0 Å². The summed E-state index contributed by atoms with van der Waals surface area (Å²) < 4.78 is 13.0. The van der Waals surface area contributed by atoms with Crippen molar-refractivity contribution >= 4 is 29.2 Å². The van der Waals surface area contributed by atoms with Gasteiger partial charge in [0.05, 0.1) is 5.52 Å². The third-order valence-corrected chi connectivity index (χ3v) is 3.36. The van der Waals surface area contributed by atoms with Crippen LogP contribution in [0.5, 0.6) is 0 Å². The Labute approximate surface area is 121 Å². The van der Waals surface area contributed by atoms with Gasteiger partial charge in [0.15, 0.2) is 5.69 Å². The minimum atomic E-state index is -0.812. The summed E-state index contributed by atoms with van der Waals surface area (Å²) in [5, 5.41) is 13.5. The van der Waals surface area contributed by atoms with E-state index in [9.17, 15) is 9.18 Å². The quantitative estimate of drug-likeness (QED) is 0.802. The zero-order valence-corrected chi connectivity index (χ0v) is 11.5. The summed E-state index contributed by atoms with van der Waals surface area (Å²) in [7, 11) is 0. The highest BCUT2D eigenvalue weighted by molar-refractivity contribution is 6.04. The smallest absolute Gasteiger partial charge is 0.272 e. The van der Waals surface area contributed by atoms with Crippen molar-refractivity contribution in [3.8, 4) is 0 Å². The molecule has 20 heavy (non-hydrogen) atoms. The molecule has 0 unspecified atom stereocenters. The lowest BCUT2D eigenvalue weighted by atomic mass is 10.2. The first-order valence-electron chi connectivity index (χ1n) is 6.33. The van der Waals surface area contributed by atoms with Crippen LogP contribution >= 0.6 is 12.4 Å². The number of benzene rings is 1. The van der Waals surface area contributed by atoms with E-state index in [-0.39, 0.29) is 24.4 Å².